The second-order valence-electron chi connectivity index (χ2n) is 5.67. The van der Waals surface area contributed by atoms with E-state index >= 15 is 0 Å². The highest BCUT2D eigenvalue weighted by atomic mass is 16.5. The Morgan fingerprint density at radius 2 is 1.67 bits per heavy atom. The van der Waals surface area contributed by atoms with Gasteiger partial charge in [-0.3, -0.25) is 4.99 Å². The maximum Gasteiger partial charge on any atom is 0.124 e. The number of hydrogen-bond donors (Lipinski definition) is 1. The Labute approximate surface area is 143 Å². The van der Waals surface area contributed by atoms with E-state index in [1.54, 1.807) is 38.6 Å². The fourth-order valence-electron chi connectivity index (χ4n) is 2.41. The van der Waals surface area contributed by atoms with Crippen molar-refractivity contribution < 1.29 is 14.6 Å². The largest absolute Gasteiger partial charge is 0.507 e. The van der Waals surface area contributed by atoms with Crippen LogP contribution in [0.2, 0.25) is 0 Å². The summed E-state index contributed by atoms with van der Waals surface area (Å²) in [7, 11) is 7.29. The summed E-state index contributed by atoms with van der Waals surface area (Å²) < 4.78 is 10.4. The molecule has 0 radical (unpaired) electrons. The van der Waals surface area contributed by atoms with E-state index in [1.165, 1.54) is 0 Å². The van der Waals surface area contributed by atoms with Gasteiger partial charge in [0.1, 0.15) is 17.2 Å². The van der Waals surface area contributed by atoms with Crippen LogP contribution in [-0.4, -0.2) is 51.1 Å². The van der Waals surface area contributed by atoms with Gasteiger partial charge in [0.25, 0.3) is 0 Å². The second kappa shape index (κ2) is 8.36. The Kier molecular flexibility index (Phi) is 6.21. The lowest BCUT2D eigenvalue weighted by Crippen LogP contribution is -2.22. The van der Waals surface area contributed by atoms with Crippen LogP contribution in [0, 0.1) is 0 Å². The number of aromatic hydroxyl groups is 1. The number of ether oxygens (including phenoxy) is 2. The molecule has 0 aliphatic carbocycles. The van der Waals surface area contributed by atoms with Crippen molar-refractivity contribution in [3.63, 3.8) is 0 Å². The van der Waals surface area contributed by atoms with Crippen LogP contribution < -0.4 is 9.47 Å². The van der Waals surface area contributed by atoms with Crippen molar-refractivity contribution in [1.29, 1.82) is 0 Å². The van der Waals surface area contributed by atoms with Crippen LogP contribution in [0.4, 0.5) is 0 Å². The van der Waals surface area contributed by atoms with Crippen LogP contribution in [0.25, 0.3) is 0 Å². The number of rotatable bonds is 7. The van der Waals surface area contributed by atoms with Crippen molar-refractivity contribution in [2.45, 2.75) is 6.04 Å². The molecule has 24 heavy (non-hydrogen) atoms. The molecule has 0 aromatic heterocycles. The summed E-state index contributed by atoms with van der Waals surface area (Å²) in [5.74, 6) is 1.71. The van der Waals surface area contributed by atoms with Crippen LogP contribution in [0.1, 0.15) is 17.2 Å². The lowest BCUT2D eigenvalue weighted by molar-refractivity contribution is 0.306. The first kappa shape index (κ1) is 17.8. The van der Waals surface area contributed by atoms with Crippen LogP contribution in [0.3, 0.4) is 0 Å². The number of benzene rings is 2. The fourth-order valence-corrected chi connectivity index (χ4v) is 2.41. The third kappa shape index (κ3) is 4.49. The van der Waals surface area contributed by atoms with Crippen molar-refractivity contribution in [1.82, 2.24) is 4.90 Å². The third-order valence-corrected chi connectivity index (χ3v) is 3.87. The van der Waals surface area contributed by atoms with Crippen molar-refractivity contribution in [2.24, 2.45) is 4.99 Å². The van der Waals surface area contributed by atoms with E-state index in [9.17, 15) is 5.11 Å². The SMILES string of the molecule is COc1ccc([C@@H](CN=Cc2cc(OC)ccc2O)N(C)C)cc1. The topological polar surface area (TPSA) is 54.3 Å². The van der Waals surface area contributed by atoms with E-state index in [0.29, 0.717) is 17.9 Å². The maximum absolute atomic E-state index is 9.91. The minimum absolute atomic E-state index is 0.139. The smallest absolute Gasteiger partial charge is 0.124 e. The van der Waals surface area contributed by atoms with Crippen LogP contribution >= 0.6 is 0 Å². The van der Waals surface area contributed by atoms with E-state index in [0.717, 1.165) is 11.3 Å². The van der Waals surface area contributed by atoms with Gasteiger partial charge < -0.3 is 19.5 Å². The summed E-state index contributed by atoms with van der Waals surface area (Å²) in [5, 5.41) is 9.91. The number of likely N-dealkylation sites (N-methyl/N-ethyl adjacent to an activating group) is 1. The van der Waals surface area contributed by atoms with Gasteiger partial charge in [0.2, 0.25) is 0 Å². The Bertz CT molecular complexity index is 682. The summed E-state index contributed by atoms with van der Waals surface area (Å²) >= 11 is 0. The van der Waals surface area contributed by atoms with Gasteiger partial charge in [-0.25, -0.2) is 0 Å². The van der Waals surface area contributed by atoms with Crippen LogP contribution in [0.5, 0.6) is 17.2 Å². The number of hydrogen-bond acceptors (Lipinski definition) is 5. The Balaban J connectivity index is 2.13. The molecule has 0 bridgehead atoms. The summed E-state index contributed by atoms with van der Waals surface area (Å²) in [6.07, 6.45) is 1.68. The molecule has 0 aliphatic rings. The average molecular weight is 328 g/mol. The van der Waals surface area contributed by atoms with Gasteiger partial charge in [0.15, 0.2) is 0 Å². The molecule has 0 saturated carbocycles. The average Bonchev–Trinajstić information content (AvgIpc) is 2.60. The molecule has 2 aromatic rings. The van der Waals surface area contributed by atoms with Crippen LogP contribution in [0.15, 0.2) is 47.5 Å². The zero-order chi connectivity index (χ0) is 17.5. The predicted molar refractivity (Wildman–Crippen MR) is 96.5 cm³/mol. The molecule has 0 spiro atoms. The molecule has 1 atom stereocenters. The third-order valence-electron chi connectivity index (χ3n) is 3.87. The normalized spacial score (nSPS) is 12.5. The number of phenols is 1. The van der Waals surface area contributed by atoms with Crippen molar-refractivity contribution in [3.8, 4) is 17.2 Å². The molecule has 0 aliphatic heterocycles. The minimum atomic E-state index is 0.139. The quantitative estimate of drug-likeness (QED) is 0.794. The first-order chi connectivity index (χ1) is 11.5. The predicted octanol–water partition coefficient (Wildman–Crippen LogP) is 3.13. The number of nitrogens with zero attached hydrogens (tertiary/aromatic N) is 2. The molecule has 2 aromatic carbocycles. The zero-order valence-corrected chi connectivity index (χ0v) is 14.6. The first-order valence-corrected chi connectivity index (χ1v) is 7.72. The molecule has 0 amide bonds. The molecule has 0 fully saturated rings. The Hall–Kier alpha value is -2.53. The number of phenolic OH excluding ortho intramolecular Hbond substituents is 1. The standard InChI is InChI=1S/C19H24N2O3/c1-21(2)18(14-5-7-16(23-3)8-6-14)13-20-12-15-11-17(24-4)9-10-19(15)22/h5-12,18,22H,13H2,1-4H3/t18-/m1/s1. The molecule has 5 heteroatoms. The van der Waals surface area contributed by atoms with E-state index in [-0.39, 0.29) is 11.8 Å². The minimum Gasteiger partial charge on any atom is -0.507 e. The summed E-state index contributed by atoms with van der Waals surface area (Å²) in [4.78, 5) is 6.62. The molecule has 2 rings (SSSR count). The van der Waals surface area contributed by atoms with Gasteiger partial charge in [0.05, 0.1) is 26.8 Å². The maximum atomic E-state index is 9.91. The van der Waals surface area contributed by atoms with Gasteiger partial charge in [0, 0.05) is 11.8 Å². The zero-order valence-electron chi connectivity index (χ0n) is 14.6. The highest BCUT2D eigenvalue weighted by molar-refractivity contribution is 5.84. The summed E-state index contributed by atoms with van der Waals surface area (Å²) in [5.41, 5.74) is 1.80. The summed E-state index contributed by atoms with van der Waals surface area (Å²) in [6, 6.07) is 13.2. The highest BCUT2D eigenvalue weighted by Crippen LogP contribution is 2.23. The molecular weight excluding hydrogens is 304 g/mol. The van der Waals surface area contributed by atoms with Crippen molar-refractivity contribution >= 4 is 6.21 Å². The lowest BCUT2D eigenvalue weighted by atomic mass is 10.1. The molecule has 0 saturated heterocycles. The second-order valence-corrected chi connectivity index (χ2v) is 5.67. The Morgan fingerprint density at radius 3 is 2.25 bits per heavy atom. The number of aliphatic imine (C=N–C) groups is 1. The summed E-state index contributed by atoms with van der Waals surface area (Å²) in [6.45, 7) is 0.579. The van der Waals surface area contributed by atoms with E-state index in [2.05, 4.69) is 9.89 Å². The van der Waals surface area contributed by atoms with Crippen molar-refractivity contribution in [3.05, 3.63) is 53.6 Å². The number of methoxy groups -OCH3 is 2. The van der Waals surface area contributed by atoms with Gasteiger partial charge in [-0.05, 0) is 50.0 Å². The molecule has 1 N–H and O–H groups in total. The van der Waals surface area contributed by atoms with Gasteiger partial charge in [-0.2, -0.15) is 0 Å². The van der Waals surface area contributed by atoms with E-state index in [4.69, 9.17) is 9.47 Å². The van der Waals surface area contributed by atoms with Crippen LogP contribution in [-0.2, 0) is 0 Å². The molecular formula is C19H24N2O3. The van der Waals surface area contributed by atoms with Gasteiger partial charge in [-0.15, -0.1) is 0 Å². The molecule has 128 valence electrons. The Morgan fingerprint density at radius 1 is 1.04 bits per heavy atom. The molecule has 0 heterocycles. The first-order valence-electron chi connectivity index (χ1n) is 7.72. The fraction of sp³-hybridized carbons (Fsp3) is 0.316. The molecule has 0 unspecified atom stereocenters. The van der Waals surface area contributed by atoms with Gasteiger partial charge in [-0.1, -0.05) is 12.1 Å². The lowest BCUT2D eigenvalue weighted by Gasteiger charge is -2.23. The van der Waals surface area contributed by atoms with E-state index < -0.39 is 0 Å². The van der Waals surface area contributed by atoms with Gasteiger partial charge >= 0.3 is 0 Å². The monoisotopic (exact) mass is 328 g/mol. The molecule has 5 nitrogen and oxygen atoms in total. The highest BCUT2D eigenvalue weighted by Gasteiger charge is 2.13. The van der Waals surface area contributed by atoms with Crippen molar-refractivity contribution in [2.75, 3.05) is 34.9 Å². The van der Waals surface area contributed by atoms with E-state index in [1.807, 2.05) is 38.4 Å².